The number of ether oxygens (including phenoxy) is 4. The summed E-state index contributed by atoms with van der Waals surface area (Å²) in [5, 5.41) is 10.5. The van der Waals surface area contributed by atoms with Crippen LogP contribution in [-0.4, -0.2) is 96.7 Å². The number of aliphatic hydroxyl groups is 1. The quantitative estimate of drug-likeness (QED) is 0.0222. The first-order valence-electron chi connectivity index (χ1n) is 34.2. The van der Waals surface area contributed by atoms with Crippen LogP contribution in [0, 0.1) is 23.7 Å². The summed E-state index contributed by atoms with van der Waals surface area (Å²) in [4.78, 5) is 72.2. The summed E-state index contributed by atoms with van der Waals surface area (Å²) in [6.07, 6.45) is 36.6. The van der Waals surface area contributed by atoms with Gasteiger partial charge in [-0.2, -0.15) is 0 Å². The molecule has 17 nitrogen and oxygen atoms in total. The lowest BCUT2D eigenvalue weighted by atomic mass is 10.0. The van der Waals surface area contributed by atoms with E-state index in [1.54, 1.807) is 0 Å². The molecule has 85 heavy (non-hydrogen) atoms. The summed E-state index contributed by atoms with van der Waals surface area (Å²) in [5.74, 6) is 0.724. The Kier molecular flexibility index (Phi) is 54.8. The van der Waals surface area contributed by atoms with Crippen LogP contribution in [0.1, 0.15) is 319 Å². The number of carbonyl (C=O) groups is 4. The number of aliphatic hydroxyl groups excluding tert-OH is 1. The summed E-state index contributed by atoms with van der Waals surface area (Å²) in [7, 11) is -9.89. The molecule has 0 saturated carbocycles. The summed E-state index contributed by atoms with van der Waals surface area (Å²) in [6, 6.07) is 0. The molecule has 0 aromatic heterocycles. The first kappa shape index (κ1) is 83.1. The lowest BCUT2D eigenvalue weighted by Gasteiger charge is -2.21. The van der Waals surface area contributed by atoms with Crippen molar-refractivity contribution in [1.29, 1.82) is 0 Å². The second-order valence-electron chi connectivity index (χ2n) is 25.8. The van der Waals surface area contributed by atoms with Crippen LogP contribution in [0.4, 0.5) is 0 Å². The van der Waals surface area contributed by atoms with Gasteiger partial charge >= 0.3 is 39.5 Å². The van der Waals surface area contributed by atoms with Crippen molar-refractivity contribution in [3.63, 3.8) is 0 Å². The molecule has 2 unspecified atom stereocenters. The third-order valence-electron chi connectivity index (χ3n) is 15.1. The molecule has 0 spiro atoms. The minimum absolute atomic E-state index is 0.103. The van der Waals surface area contributed by atoms with Crippen molar-refractivity contribution in [2.24, 2.45) is 23.7 Å². The summed E-state index contributed by atoms with van der Waals surface area (Å²) in [6.45, 7) is 13.9. The third-order valence-corrected chi connectivity index (χ3v) is 17.0. The number of carbonyl (C=O) groups excluding carboxylic acids is 4. The average molecular weight is 1260 g/mol. The first-order chi connectivity index (χ1) is 40.6. The smallest absolute Gasteiger partial charge is 0.462 e. The molecule has 504 valence electrons. The van der Waals surface area contributed by atoms with Crippen LogP contribution in [0.5, 0.6) is 0 Å². The lowest BCUT2D eigenvalue weighted by molar-refractivity contribution is -0.161. The van der Waals surface area contributed by atoms with Crippen LogP contribution in [0.2, 0.25) is 0 Å². The zero-order valence-corrected chi connectivity index (χ0v) is 57.0. The van der Waals surface area contributed by atoms with Gasteiger partial charge in [-0.05, 0) is 49.4 Å². The van der Waals surface area contributed by atoms with Gasteiger partial charge in [0.15, 0.2) is 12.2 Å². The molecule has 0 aliphatic rings. The number of phosphoric ester groups is 2. The molecule has 0 aromatic rings. The Hall–Kier alpha value is -1.94. The average Bonchev–Trinajstić information content (AvgIpc) is 3.62. The van der Waals surface area contributed by atoms with Crippen molar-refractivity contribution in [2.45, 2.75) is 337 Å². The highest BCUT2D eigenvalue weighted by Gasteiger charge is 2.30. The van der Waals surface area contributed by atoms with E-state index in [0.717, 1.165) is 115 Å². The second-order valence-corrected chi connectivity index (χ2v) is 28.7. The molecule has 0 rings (SSSR count). The third kappa shape index (κ3) is 60.7. The van der Waals surface area contributed by atoms with Crippen molar-refractivity contribution in [1.82, 2.24) is 0 Å². The molecule has 3 N–H and O–H groups in total. The van der Waals surface area contributed by atoms with E-state index in [4.69, 9.17) is 37.0 Å². The van der Waals surface area contributed by atoms with Crippen molar-refractivity contribution >= 4 is 39.5 Å². The Labute approximate surface area is 517 Å². The topological polar surface area (TPSA) is 237 Å². The van der Waals surface area contributed by atoms with Gasteiger partial charge < -0.3 is 33.8 Å². The molecular formula is C66H128O17P2. The highest BCUT2D eigenvalue weighted by molar-refractivity contribution is 7.47. The van der Waals surface area contributed by atoms with Gasteiger partial charge in [0, 0.05) is 25.7 Å². The molecule has 0 amide bonds. The fourth-order valence-corrected chi connectivity index (χ4v) is 11.4. The van der Waals surface area contributed by atoms with Gasteiger partial charge in [0.1, 0.15) is 19.3 Å². The van der Waals surface area contributed by atoms with E-state index >= 15 is 0 Å². The maximum Gasteiger partial charge on any atom is 0.472 e. The fraction of sp³-hybridized carbons (Fsp3) is 0.939. The van der Waals surface area contributed by atoms with Gasteiger partial charge in [0.05, 0.1) is 26.4 Å². The largest absolute Gasteiger partial charge is 0.472 e. The van der Waals surface area contributed by atoms with Gasteiger partial charge in [0.2, 0.25) is 0 Å². The van der Waals surface area contributed by atoms with Gasteiger partial charge in [-0.1, -0.05) is 267 Å². The van der Waals surface area contributed by atoms with Gasteiger partial charge in [-0.3, -0.25) is 37.3 Å². The van der Waals surface area contributed by atoms with E-state index in [1.165, 1.54) is 109 Å². The number of hydrogen-bond acceptors (Lipinski definition) is 15. The predicted molar refractivity (Wildman–Crippen MR) is 340 cm³/mol. The Balaban J connectivity index is 5.22. The molecule has 0 bridgehead atoms. The number of phosphoric acid groups is 2. The molecule has 0 aliphatic heterocycles. The number of rotatable bonds is 63. The fourth-order valence-electron chi connectivity index (χ4n) is 9.78. The zero-order valence-electron chi connectivity index (χ0n) is 55.2. The normalized spacial score (nSPS) is 14.4. The summed E-state index contributed by atoms with van der Waals surface area (Å²) < 4.78 is 68.0. The highest BCUT2D eigenvalue weighted by Crippen LogP contribution is 2.45. The summed E-state index contributed by atoms with van der Waals surface area (Å²) >= 11 is 0. The van der Waals surface area contributed by atoms with Crippen molar-refractivity contribution in [3.8, 4) is 0 Å². The number of esters is 4. The highest BCUT2D eigenvalue weighted by atomic mass is 31.2. The standard InChI is InChI=1S/C66H128O17P2/c1-56(2)42-34-26-18-14-12-10-9-11-13-15-20-32-40-48-65(70)82-61(52-76-63(68)46-38-30-24-22-28-36-44-58(5)6)54-80-84(72,73)78-50-60(67)51-79-85(74,75)81-55-62(53-77-64(69)47-39-31-25-23-29-37-45-59(7)8)83-66(71)49-41-33-21-17-16-19-27-35-43-57(3)4/h56-62,67H,9-55H2,1-8H3,(H,72,73)(H,74,75)/t60-,61+,62+/m0/s1. The molecule has 0 heterocycles. The molecule has 0 aromatic carbocycles. The summed E-state index contributed by atoms with van der Waals surface area (Å²) in [5.41, 5.74) is 0. The van der Waals surface area contributed by atoms with E-state index in [-0.39, 0.29) is 25.7 Å². The minimum atomic E-state index is -4.95. The maximum absolute atomic E-state index is 13.0. The number of unbranched alkanes of at least 4 members (excludes halogenated alkanes) is 29. The van der Waals surface area contributed by atoms with Crippen LogP contribution >= 0.6 is 15.6 Å². The predicted octanol–water partition coefficient (Wildman–Crippen LogP) is 18.1. The Morgan fingerprint density at radius 1 is 0.294 bits per heavy atom. The van der Waals surface area contributed by atoms with Crippen LogP contribution in [0.25, 0.3) is 0 Å². The SMILES string of the molecule is CC(C)CCCCCCCCCCCCCCCC(=O)O[C@H](COC(=O)CCCCCCCCC(C)C)COP(=O)(O)OC[C@H](O)COP(=O)(O)OC[C@@H](COC(=O)CCCCCCCCC(C)C)OC(=O)CCCCCCCCCCC(C)C. The molecule has 0 saturated heterocycles. The second kappa shape index (κ2) is 56.1. The van der Waals surface area contributed by atoms with Crippen LogP contribution in [-0.2, 0) is 65.4 Å². The van der Waals surface area contributed by atoms with E-state index in [2.05, 4.69) is 55.4 Å². The van der Waals surface area contributed by atoms with E-state index in [0.29, 0.717) is 37.5 Å². The van der Waals surface area contributed by atoms with Gasteiger partial charge in [-0.15, -0.1) is 0 Å². The minimum Gasteiger partial charge on any atom is -0.462 e. The molecule has 0 aliphatic carbocycles. The monoisotopic (exact) mass is 1250 g/mol. The van der Waals surface area contributed by atoms with Crippen molar-refractivity contribution < 1.29 is 80.2 Å². The van der Waals surface area contributed by atoms with Crippen LogP contribution in [0.3, 0.4) is 0 Å². The van der Waals surface area contributed by atoms with Crippen LogP contribution < -0.4 is 0 Å². The van der Waals surface area contributed by atoms with E-state index in [1.807, 2.05) is 0 Å². The van der Waals surface area contributed by atoms with Crippen LogP contribution in [0.15, 0.2) is 0 Å². The lowest BCUT2D eigenvalue weighted by Crippen LogP contribution is -2.30. The van der Waals surface area contributed by atoms with Gasteiger partial charge in [-0.25, -0.2) is 9.13 Å². The first-order valence-corrected chi connectivity index (χ1v) is 37.2. The van der Waals surface area contributed by atoms with E-state index < -0.39 is 97.5 Å². The zero-order chi connectivity index (χ0) is 63.2. The Morgan fingerprint density at radius 2 is 0.494 bits per heavy atom. The molecule has 0 radical (unpaired) electrons. The number of hydrogen-bond donors (Lipinski definition) is 3. The van der Waals surface area contributed by atoms with Crippen molar-refractivity contribution in [3.05, 3.63) is 0 Å². The molecule has 0 fully saturated rings. The maximum atomic E-state index is 13.0. The molecule has 19 heteroatoms. The van der Waals surface area contributed by atoms with Gasteiger partial charge in [0.25, 0.3) is 0 Å². The molecular weight excluding hydrogens is 1130 g/mol. The van der Waals surface area contributed by atoms with E-state index in [9.17, 15) is 43.2 Å². The Morgan fingerprint density at radius 3 is 0.729 bits per heavy atom. The molecule has 5 atom stereocenters. The Bertz CT molecular complexity index is 1700. The van der Waals surface area contributed by atoms with Crippen molar-refractivity contribution in [2.75, 3.05) is 39.6 Å².